The minimum absolute atomic E-state index is 0.205. The summed E-state index contributed by atoms with van der Waals surface area (Å²) >= 11 is 0. The van der Waals surface area contributed by atoms with E-state index in [-0.39, 0.29) is 5.91 Å². The summed E-state index contributed by atoms with van der Waals surface area (Å²) in [6, 6.07) is 1.65. The van der Waals surface area contributed by atoms with Crippen LogP contribution >= 0.6 is 0 Å². The number of hydrazone groups is 1. The summed E-state index contributed by atoms with van der Waals surface area (Å²) in [5, 5.41) is 4.03. The lowest BCUT2D eigenvalue weighted by molar-refractivity contribution is 0.0953. The van der Waals surface area contributed by atoms with Gasteiger partial charge in [-0.25, -0.2) is 5.43 Å². The van der Waals surface area contributed by atoms with Crippen molar-refractivity contribution in [3.63, 3.8) is 0 Å². The van der Waals surface area contributed by atoms with Crippen LogP contribution in [0.3, 0.4) is 0 Å². The lowest BCUT2D eigenvalue weighted by Crippen LogP contribution is -2.19. The molecule has 1 aromatic heterocycles. The van der Waals surface area contributed by atoms with E-state index in [0.29, 0.717) is 17.2 Å². The number of carbonyl (C=O) groups is 1. The zero-order valence-electron chi connectivity index (χ0n) is 10.1. The van der Waals surface area contributed by atoms with Gasteiger partial charge in [0, 0.05) is 6.21 Å². The Bertz CT molecular complexity index is 403. The van der Waals surface area contributed by atoms with Crippen LogP contribution < -0.4 is 5.43 Å². The third-order valence-corrected chi connectivity index (χ3v) is 3.20. The fourth-order valence-corrected chi connectivity index (χ4v) is 2.17. The Balaban J connectivity index is 1.83. The van der Waals surface area contributed by atoms with E-state index in [2.05, 4.69) is 10.5 Å². The van der Waals surface area contributed by atoms with Crippen molar-refractivity contribution in [2.75, 3.05) is 0 Å². The van der Waals surface area contributed by atoms with E-state index in [9.17, 15) is 4.79 Å². The summed E-state index contributed by atoms with van der Waals surface area (Å²) in [6.45, 7) is 1.76. The van der Waals surface area contributed by atoms with Crippen LogP contribution in [-0.2, 0) is 0 Å². The van der Waals surface area contributed by atoms with E-state index in [1.54, 1.807) is 13.0 Å². The van der Waals surface area contributed by atoms with Gasteiger partial charge in [0.2, 0.25) is 0 Å². The largest absolute Gasteiger partial charge is 0.469 e. The number of furan rings is 1. The summed E-state index contributed by atoms with van der Waals surface area (Å²) in [5.74, 6) is 0.938. The number of hydrogen-bond donors (Lipinski definition) is 1. The van der Waals surface area contributed by atoms with Gasteiger partial charge in [0.15, 0.2) is 0 Å². The summed E-state index contributed by atoms with van der Waals surface area (Å²) in [5.41, 5.74) is 3.09. The molecular weight excluding hydrogens is 216 g/mol. The van der Waals surface area contributed by atoms with Crippen LogP contribution in [0.1, 0.15) is 48.2 Å². The number of amides is 1. The molecule has 1 aliphatic rings. The first-order valence-electron chi connectivity index (χ1n) is 6.15. The third-order valence-electron chi connectivity index (χ3n) is 3.20. The topological polar surface area (TPSA) is 54.6 Å². The average Bonchev–Trinajstić information content (AvgIpc) is 2.77. The van der Waals surface area contributed by atoms with E-state index in [0.717, 1.165) is 0 Å². The van der Waals surface area contributed by atoms with Gasteiger partial charge >= 0.3 is 0 Å². The SMILES string of the molecule is Cc1occc1C(=O)N/N=C\C1CCCCC1. The Labute approximate surface area is 101 Å². The molecule has 0 radical (unpaired) electrons. The fourth-order valence-electron chi connectivity index (χ4n) is 2.17. The maximum absolute atomic E-state index is 11.7. The maximum atomic E-state index is 11.7. The van der Waals surface area contributed by atoms with Gasteiger partial charge < -0.3 is 4.42 Å². The Kier molecular flexibility index (Phi) is 3.96. The van der Waals surface area contributed by atoms with E-state index < -0.39 is 0 Å². The number of carbonyl (C=O) groups excluding carboxylic acids is 1. The first-order valence-corrected chi connectivity index (χ1v) is 6.15. The van der Waals surface area contributed by atoms with Crippen molar-refractivity contribution < 1.29 is 9.21 Å². The van der Waals surface area contributed by atoms with Crippen LogP contribution in [0.2, 0.25) is 0 Å². The van der Waals surface area contributed by atoms with Gasteiger partial charge in [-0.1, -0.05) is 19.3 Å². The molecule has 1 aliphatic carbocycles. The second-order valence-corrected chi connectivity index (χ2v) is 4.51. The Hall–Kier alpha value is -1.58. The maximum Gasteiger partial charge on any atom is 0.274 e. The van der Waals surface area contributed by atoms with Gasteiger partial charge in [-0.3, -0.25) is 4.79 Å². The molecule has 92 valence electrons. The summed E-state index contributed by atoms with van der Waals surface area (Å²) in [7, 11) is 0. The van der Waals surface area contributed by atoms with E-state index in [1.807, 2.05) is 6.21 Å². The highest BCUT2D eigenvalue weighted by Gasteiger charge is 2.12. The van der Waals surface area contributed by atoms with Crippen molar-refractivity contribution >= 4 is 12.1 Å². The van der Waals surface area contributed by atoms with E-state index >= 15 is 0 Å². The highest BCUT2D eigenvalue weighted by atomic mass is 16.3. The Morgan fingerprint density at radius 3 is 2.88 bits per heavy atom. The van der Waals surface area contributed by atoms with E-state index in [4.69, 9.17) is 4.42 Å². The van der Waals surface area contributed by atoms with Crippen LogP contribution in [0.15, 0.2) is 21.8 Å². The Morgan fingerprint density at radius 1 is 1.47 bits per heavy atom. The molecule has 1 aromatic rings. The molecule has 1 saturated carbocycles. The highest BCUT2D eigenvalue weighted by Crippen LogP contribution is 2.21. The number of aryl methyl sites for hydroxylation is 1. The normalized spacial score (nSPS) is 17.5. The van der Waals surface area contributed by atoms with Crippen molar-refractivity contribution in [1.82, 2.24) is 5.43 Å². The minimum Gasteiger partial charge on any atom is -0.469 e. The number of rotatable bonds is 3. The van der Waals surface area contributed by atoms with Gasteiger partial charge in [-0.05, 0) is 31.7 Å². The van der Waals surface area contributed by atoms with Gasteiger partial charge in [-0.2, -0.15) is 5.10 Å². The summed E-state index contributed by atoms with van der Waals surface area (Å²) in [6.07, 6.45) is 9.61. The molecule has 1 amide bonds. The minimum atomic E-state index is -0.205. The molecule has 0 saturated heterocycles. The Morgan fingerprint density at radius 2 is 2.24 bits per heavy atom. The molecule has 1 heterocycles. The summed E-state index contributed by atoms with van der Waals surface area (Å²) in [4.78, 5) is 11.7. The second kappa shape index (κ2) is 5.66. The van der Waals surface area contributed by atoms with Crippen LogP contribution in [0, 0.1) is 12.8 Å². The second-order valence-electron chi connectivity index (χ2n) is 4.51. The molecular formula is C13H18N2O2. The zero-order chi connectivity index (χ0) is 12.1. The highest BCUT2D eigenvalue weighted by molar-refractivity contribution is 5.95. The molecule has 1 fully saturated rings. The molecule has 0 atom stereocenters. The lowest BCUT2D eigenvalue weighted by atomic mass is 9.90. The average molecular weight is 234 g/mol. The van der Waals surface area contributed by atoms with Crippen LogP contribution in [0.4, 0.5) is 0 Å². The van der Waals surface area contributed by atoms with Gasteiger partial charge in [-0.15, -0.1) is 0 Å². The molecule has 4 heteroatoms. The van der Waals surface area contributed by atoms with Crippen molar-refractivity contribution in [3.8, 4) is 0 Å². The number of nitrogens with zero attached hydrogens (tertiary/aromatic N) is 1. The third kappa shape index (κ3) is 3.19. The molecule has 0 aromatic carbocycles. The summed E-state index contributed by atoms with van der Waals surface area (Å²) < 4.78 is 5.07. The number of hydrogen-bond acceptors (Lipinski definition) is 3. The number of nitrogens with one attached hydrogen (secondary N) is 1. The predicted molar refractivity (Wildman–Crippen MR) is 66.0 cm³/mol. The molecule has 0 unspecified atom stereocenters. The van der Waals surface area contributed by atoms with Crippen molar-refractivity contribution in [2.45, 2.75) is 39.0 Å². The predicted octanol–water partition coefficient (Wildman–Crippen LogP) is 2.88. The molecule has 2 rings (SSSR count). The van der Waals surface area contributed by atoms with Crippen LogP contribution in [0.5, 0.6) is 0 Å². The molecule has 0 aliphatic heterocycles. The quantitative estimate of drug-likeness (QED) is 0.645. The molecule has 0 spiro atoms. The molecule has 4 nitrogen and oxygen atoms in total. The van der Waals surface area contributed by atoms with E-state index in [1.165, 1.54) is 38.4 Å². The van der Waals surface area contributed by atoms with Crippen LogP contribution in [0.25, 0.3) is 0 Å². The van der Waals surface area contributed by atoms with Crippen molar-refractivity contribution in [1.29, 1.82) is 0 Å². The smallest absolute Gasteiger partial charge is 0.274 e. The van der Waals surface area contributed by atoms with Gasteiger partial charge in [0.05, 0.1) is 11.8 Å². The zero-order valence-corrected chi connectivity index (χ0v) is 10.1. The van der Waals surface area contributed by atoms with Gasteiger partial charge in [0.1, 0.15) is 5.76 Å². The standard InChI is InChI=1S/C13H18N2O2/c1-10-12(7-8-17-10)13(16)15-14-9-11-5-3-2-4-6-11/h7-9,11H,2-6H2,1H3,(H,15,16)/b14-9-. The first-order chi connectivity index (χ1) is 8.27. The molecule has 17 heavy (non-hydrogen) atoms. The fraction of sp³-hybridized carbons (Fsp3) is 0.538. The van der Waals surface area contributed by atoms with Crippen molar-refractivity contribution in [3.05, 3.63) is 23.7 Å². The molecule has 0 bridgehead atoms. The van der Waals surface area contributed by atoms with Crippen molar-refractivity contribution in [2.24, 2.45) is 11.0 Å². The van der Waals surface area contributed by atoms with Gasteiger partial charge in [0.25, 0.3) is 5.91 Å². The van der Waals surface area contributed by atoms with Crippen LogP contribution in [-0.4, -0.2) is 12.1 Å². The lowest BCUT2D eigenvalue weighted by Gasteiger charge is -2.16. The monoisotopic (exact) mass is 234 g/mol. The first kappa shape index (κ1) is 11.9. The molecule has 1 N–H and O–H groups in total.